The maximum absolute atomic E-state index is 14.1. The summed E-state index contributed by atoms with van der Waals surface area (Å²) in [6.07, 6.45) is 21.1. The number of halogens is 2. The van der Waals surface area contributed by atoms with Crippen molar-refractivity contribution in [1.29, 1.82) is 0 Å². The zero-order chi connectivity index (χ0) is 31.9. The number of allylic oxidation sites excluding steroid dienone is 2. The number of amides is 1. The van der Waals surface area contributed by atoms with Crippen LogP contribution < -0.4 is 11.1 Å². The maximum atomic E-state index is 14.1. The number of anilines is 2. The van der Waals surface area contributed by atoms with Crippen LogP contribution >= 0.6 is 23.2 Å². The molecule has 242 valence electrons. The first-order valence-electron chi connectivity index (χ1n) is 15.9. The van der Waals surface area contributed by atoms with Crippen molar-refractivity contribution in [3.63, 3.8) is 0 Å². The number of carboxylic acids is 1. The third-order valence-electron chi connectivity index (χ3n) is 8.15. The third kappa shape index (κ3) is 10.8. The van der Waals surface area contributed by atoms with Crippen LogP contribution in [0.25, 0.3) is 0 Å². The Hall–Kier alpha value is -3.04. The van der Waals surface area contributed by atoms with Gasteiger partial charge in [0.1, 0.15) is 0 Å². The van der Waals surface area contributed by atoms with Gasteiger partial charge in [-0.1, -0.05) is 87.2 Å². The van der Waals surface area contributed by atoms with Crippen LogP contribution in [0, 0.1) is 11.8 Å². The molecule has 2 unspecified atom stereocenters. The molecule has 4 N–H and O–H groups in total. The number of guanidine groups is 1. The molecule has 1 aromatic carbocycles. The van der Waals surface area contributed by atoms with Crippen molar-refractivity contribution in [2.24, 2.45) is 23.9 Å². The lowest BCUT2D eigenvalue weighted by Crippen LogP contribution is -2.45. The van der Waals surface area contributed by atoms with E-state index in [-0.39, 0.29) is 12.3 Å². The number of aliphatic carboxylic acids is 1. The largest absolute Gasteiger partial charge is 0.481 e. The molecule has 1 aromatic heterocycles. The van der Waals surface area contributed by atoms with Crippen LogP contribution in [-0.4, -0.2) is 50.5 Å². The molecule has 3 rings (SSSR count). The van der Waals surface area contributed by atoms with E-state index in [0.717, 1.165) is 37.8 Å². The number of benzene rings is 1. The van der Waals surface area contributed by atoms with Crippen molar-refractivity contribution in [3.05, 3.63) is 52.5 Å². The molecular formula is C33H48Cl2N6O3. The summed E-state index contributed by atoms with van der Waals surface area (Å²) in [6, 6.07) is 3.14. The second-order valence-electron chi connectivity index (χ2n) is 11.6. The Balaban J connectivity index is 1.63. The fourth-order valence-electron chi connectivity index (χ4n) is 5.58. The minimum Gasteiger partial charge on any atom is -0.481 e. The first-order valence-corrected chi connectivity index (χ1v) is 16.7. The number of nitrogens with two attached hydrogens (primary N) is 1. The number of aromatic nitrogens is 2. The van der Waals surface area contributed by atoms with E-state index in [0.29, 0.717) is 46.9 Å². The molecule has 2 aromatic rings. The van der Waals surface area contributed by atoms with Gasteiger partial charge in [-0.15, -0.1) is 0 Å². The predicted molar refractivity (Wildman–Crippen MR) is 180 cm³/mol. The molecule has 9 nitrogen and oxygen atoms in total. The Morgan fingerprint density at radius 3 is 2.27 bits per heavy atom. The Morgan fingerprint density at radius 2 is 1.66 bits per heavy atom. The maximum Gasteiger partial charge on any atom is 0.307 e. The standard InChI is InChI=1S/C33H48Cl2N6O3/c1-3-4-5-6-7-8-9-10-11-12-13-14-15-16-26(27(32(43)44)21-25-22-37-23-40(25)2)31(42)41-18-17-38-33(41)39-30-28(34)19-24(36)20-29(30)35/h10-11,19-20,22-23,26-27H,3-9,12-18,21,36H2,1-2H3,(H,38,39)(H,43,44)/b11-10-. The normalized spacial score (nSPS) is 14.6. The number of carbonyl (C=O) groups is 2. The van der Waals surface area contributed by atoms with E-state index in [9.17, 15) is 14.7 Å². The van der Waals surface area contributed by atoms with Crippen molar-refractivity contribution < 1.29 is 14.7 Å². The Bertz CT molecular complexity index is 1250. The van der Waals surface area contributed by atoms with Gasteiger partial charge in [0.15, 0.2) is 0 Å². The van der Waals surface area contributed by atoms with Crippen LogP contribution in [-0.2, 0) is 23.1 Å². The average Bonchev–Trinajstić information content (AvgIpc) is 3.62. The Labute approximate surface area is 271 Å². The number of hydrogen-bond acceptors (Lipinski definition) is 6. The molecular weight excluding hydrogens is 599 g/mol. The van der Waals surface area contributed by atoms with Gasteiger partial charge in [0, 0.05) is 37.6 Å². The lowest BCUT2D eigenvalue weighted by atomic mass is 9.83. The molecule has 2 heterocycles. The highest BCUT2D eigenvalue weighted by Gasteiger charge is 2.39. The molecule has 2 atom stereocenters. The highest BCUT2D eigenvalue weighted by molar-refractivity contribution is 6.40. The lowest BCUT2D eigenvalue weighted by Gasteiger charge is -2.29. The molecule has 1 aliphatic rings. The Kier molecular flexibility index (Phi) is 15.1. The van der Waals surface area contributed by atoms with Crippen molar-refractivity contribution in [2.75, 3.05) is 24.1 Å². The first kappa shape index (κ1) is 35.4. The van der Waals surface area contributed by atoms with Crippen LogP contribution in [0.4, 0.5) is 11.4 Å². The molecule has 0 saturated carbocycles. The minimum atomic E-state index is -1.00. The van der Waals surface area contributed by atoms with Gasteiger partial charge in [-0.25, -0.2) is 4.98 Å². The van der Waals surface area contributed by atoms with E-state index in [2.05, 4.69) is 34.4 Å². The fraction of sp³-hybridized carbons (Fsp3) is 0.576. The molecule has 0 bridgehead atoms. The highest BCUT2D eigenvalue weighted by atomic mass is 35.5. The third-order valence-corrected chi connectivity index (χ3v) is 8.75. The van der Waals surface area contributed by atoms with Gasteiger partial charge in [0.2, 0.25) is 11.9 Å². The average molecular weight is 648 g/mol. The number of aliphatic imine (C=N–C) groups is 1. The molecule has 0 spiro atoms. The van der Waals surface area contributed by atoms with E-state index in [1.807, 2.05) is 7.05 Å². The van der Waals surface area contributed by atoms with E-state index in [4.69, 9.17) is 28.9 Å². The molecule has 0 radical (unpaired) electrons. The smallest absolute Gasteiger partial charge is 0.307 e. The molecule has 44 heavy (non-hydrogen) atoms. The molecule has 1 amide bonds. The summed E-state index contributed by atoms with van der Waals surface area (Å²) in [5.74, 6) is -2.63. The molecule has 0 fully saturated rings. The monoisotopic (exact) mass is 646 g/mol. The summed E-state index contributed by atoms with van der Waals surface area (Å²) in [5, 5.41) is 14.0. The zero-order valence-electron chi connectivity index (χ0n) is 26.1. The molecule has 1 aliphatic heterocycles. The van der Waals surface area contributed by atoms with E-state index < -0.39 is 17.8 Å². The van der Waals surface area contributed by atoms with Gasteiger partial charge < -0.3 is 20.7 Å². The number of carboxylic acid groups (broad SMARTS) is 1. The molecule has 11 heteroatoms. The highest BCUT2D eigenvalue weighted by Crippen LogP contribution is 2.34. The van der Waals surface area contributed by atoms with Gasteiger partial charge in [0.05, 0.1) is 40.4 Å². The van der Waals surface area contributed by atoms with Crippen molar-refractivity contribution in [2.45, 2.75) is 90.4 Å². The summed E-state index contributed by atoms with van der Waals surface area (Å²) in [5.41, 5.74) is 7.42. The van der Waals surface area contributed by atoms with E-state index in [1.54, 1.807) is 29.2 Å². The van der Waals surface area contributed by atoms with Crippen LogP contribution in [0.2, 0.25) is 10.0 Å². The van der Waals surface area contributed by atoms with Crippen LogP contribution in [0.15, 0.2) is 41.8 Å². The SMILES string of the molecule is CCCCCCCC/C=C\CCCCCC(C(=O)N1CCN=C1Nc1c(Cl)cc(N)cc1Cl)C(Cc1cncn1C)C(=O)O. The topological polar surface area (TPSA) is 126 Å². The number of nitrogens with zero attached hydrogens (tertiary/aromatic N) is 4. The van der Waals surface area contributed by atoms with Gasteiger partial charge in [-0.05, 0) is 44.2 Å². The summed E-state index contributed by atoms with van der Waals surface area (Å²) in [7, 11) is 1.83. The van der Waals surface area contributed by atoms with E-state index >= 15 is 0 Å². The second kappa shape index (κ2) is 18.7. The van der Waals surface area contributed by atoms with Gasteiger partial charge in [-0.3, -0.25) is 19.5 Å². The van der Waals surface area contributed by atoms with Crippen molar-refractivity contribution in [1.82, 2.24) is 14.5 Å². The number of aryl methyl sites for hydroxylation is 1. The van der Waals surface area contributed by atoms with Gasteiger partial charge in [-0.2, -0.15) is 0 Å². The van der Waals surface area contributed by atoms with Gasteiger partial charge >= 0.3 is 5.97 Å². The number of unbranched alkanes of at least 4 members (excludes halogenated alkanes) is 9. The Morgan fingerprint density at radius 1 is 1.02 bits per heavy atom. The summed E-state index contributed by atoms with van der Waals surface area (Å²) in [6.45, 7) is 2.96. The number of rotatable bonds is 19. The zero-order valence-corrected chi connectivity index (χ0v) is 27.6. The fourth-order valence-corrected chi connectivity index (χ4v) is 6.18. The predicted octanol–water partition coefficient (Wildman–Crippen LogP) is 7.74. The summed E-state index contributed by atoms with van der Waals surface area (Å²) in [4.78, 5) is 36.9. The molecule has 0 saturated heterocycles. The summed E-state index contributed by atoms with van der Waals surface area (Å²) < 4.78 is 1.80. The number of nitrogen functional groups attached to an aromatic ring is 1. The van der Waals surface area contributed by atoms with Gasteiger partial charge in [0.25, 0.3) is 0 Å². The minimum absolute atomic E-state index is 0.201. The lowest BCUT2D eigenvalue weighted by molar-refractivity contribution is -0.149. The first-order chi connectivity index (χ1) is 21.2. The molecule has 0 aliphatic carbocycles. The van der Waals surface area contributed by atoms with Crippen LogP contribution in [0.5, 0.6) is 0 Å². The van der Waals surface area contributed by atoms with Crippen molar-refractivity contribution >= 4 is 52.4 Å². The number of imidazole rings is 1. The number of nitrogens with one attached hydrogen (secondary N) is 1. The van der Waals surface area contributed by atoms with E-state index in [1.165, 1.54) is 43.4 Å². The van der Waals surface area contributed by atoms with Crippen molar-refractivity contribution in [3.8, 4) is 0 Å². The second-order valence-corrected chi connectivity index (χ2v) is 12.4. The quantitative estimate of drug-likeness (QED) is 0.0814. The number of hydrogen-bond donors (Lipinski definition) is 3. The van der Waals surface area contributed by atoms with Crippen LogP contribution in [0.3, 0.4) is 0 Å². The number of carbonyl (C=O) groups excluding carboxylic acids is 1. The summed E-state index contributed by atoms with van der Waals surface area (Å²) >= 11 is 12.8. The van der Waals surface area contributed by atoms with Crippen LogP contribution in [0.1, 0.15) is 89.7 Å².